The van der Waals surface area contributed by atoms with Gasteiger partial charge < -0.3 is 0 Å². The number of hydrazine groups is 1. The summed E-state index contributed by atoms with van der Waals surface area (Å²) in [5, 5.41) is 0. The molecule has 82 valence electrons. The van der Waals surface area contributed by atoms with Crippen molar-refractivity contribution in [3.05, 3.63) is 0 Å². The van der Waals surface area contributed by atoms with E-state index in [1.165, 1.54) is 12.8 Å². The molecule has 0 unspecified atom stereocenters. The summed E-state index contributed by atoms with van der Waals surface area (Å²) in [6.45, 7) is 6.31. The van der Waals surface area contributed by atoms with E-state index in [2.05, 4.69) is 17.2 Å². The summed E-state index contributed by atoms with van der Waals surface area (Å²) in [7, 11) is 0. The molecule has 0 aromatic rings. The van der Waals surface area contributed by atoms with Gasteiger partial charge >= 0.3 is 0 Å². The third kappa shape index (κ3) is 2.69. The first-order valence-corrected chi connectivity index (χ1v) is 5.43. The molecule has 0 aromatic heterocycles. The lowest BCUT2D eigenvalue weighted by atomic mass is 9.98. The second-order valence-electron chi connectivity index (χ2n) is 4.17. The Bertz CT molecular complexity index is 196. The summed E-state index contributed by atoms with van der Waals surface area (Å²) < 4.78 is 0. The molecule has 0 spiro atoms. The van der Waals surface area contributed by atoms with Crippen LogP contribution in [-0.4, -0.2) is 29.9 Å². The number of rotatable bonds is 3. The normalized spacial score (nSPS) is 25.8. The predicted octanol–water partition coefficient (Wildman–Crippen LogP) is 0.487. The van der Waals surface area contributed by atoms with Crippen LogP contribution in [0.3, 0.4) is 0 Å². The fraction of sp³-hybridized carbons (Fsp3) is 0.900. The van der Waals surface area contributed by atoms with Crippen molar-refractivity contribution in [2.75, 3.05) is 13.1 Å². The van der Waals surface area contributed by atoms with Gasteiger partial charge in [0.25, 0.3) is 5.91 Å². The minimum atomic E-state index is -0.0541. The number of hydrogen-bond acceptors (Lipinski definition) is 3. The average molecular weight is 199 g/mol. The molecule has 1 aliphatic heterocycles. The summed E-state index contributed by atoms with van der Waals surface area (Å²) in [6, 6.07) is -0.0391. The lowest BCUT2D eigenvalue weighted by molar-refractivity contribution is -0.127. The Morgan fingerprint density at radius 2 is 2.43 bits per heavy atom. The van der Waals surface area contributed by atoms with Gasteiger partial charge in [-0.1, -0.05) is 13.8 Å². The minimum absolute atomic E-state index is 0.0391. The van der Waals surface area contributed by atoms with Crippen LogP contribution in [0.2, 0.25) is 0 Å². The molecule has 0 bridgehead atoms. The number of hydrogen-bond donors (Lipinski definition) is 2. The van der Waals surface area contributed by atoms with E-state index in [1.807, 2.05) is 6.92 Å². The molecule has 1 heterocycles. The fourth-order valence-corrected chi connectivity index (χ4v) is 2.21. The number of likely N-dealkylation sites (tertiary alicyclic amines) is 1. The number of piperidine rings is 1. The number of nitrogens with two attached hydrogens (primary N) is 1. The van der Waals surface area contributed by atoms with Crippen LogP contribution < -0.4 is 11.3 Å². The first-order chi connectivity index (χ1) is 6.69. The van der Waals surface area contributed by atoms with Gasteiger partial charge in [0.1, 0.15) is 0 Å². The zero-order valence-electron chi connectivity index (χ0n) is 9.12. The lowest BCUT2D eigenvalue weighted by Crippen LogP contribution is -2.51. The Labute approximate surface area is 85.8 Å². The Kier molecular flexibility index (Phi) is 4.35. The van der Waals surface area contributed by atoms with Gasteiger partial charge in [0.2, 0.25) is 0 Å². The van der Waals surface area contributed by atoms with Crippen molar-refractivity contribution in [1.82, 2.24) is 10.3 Å². The van der Waals surface area contributed by atoms with E-state index in [9.17, 15) is 4.79 Å². The molecule has 1 saturated heterocycles. The molecule has 1 amide bonds. The summed E-state index contributed by atoms with van der Waals surface area (Å²) in [5.41, 5.74) is 2.25. The molecule has 3 N–H and O–H groups in total. The van der Waals surface area contributed by atoms with Crippen LogP contribution in [-0.2, 0) is 4.79 Å². The second kappa shape index (κ2) is 5.32. The maximum Gasteiger partial charge on any atom is 0.251 e. The molecule has 0 radical (unpaired) electrons. The topological polar surface area (TPSA) is 58.4 Å². The molecular formula is C10H21N3O. The van der Waals surface area contributed by atoms with Gasteiger partial charge in [0.15, 0.2) is 0 Å². The van der Waals surface area contributed by atoms with E-state index in [0.717, 1.165) is 19.5 Å². The van der Waals surface area contributed by atoms with E-state index in [-0.39, 0.29) is 11.9 Å². The largest absolute Gasteiger partial charge is 0.293 e. The van der Waals surface area contributed by atoms with Crippen molar-refractivity contribution in [1.29, 1.82) is 0 Å². The molecule has 4 heteroatoms. The predicted molar refractivity (Wildman–Crippen MR) is 56.4 cm³/mol. The molecule has 1 fully saturated rings. The van der Waals surface area contributed by atoms with Crippen molar-refractivity contribution in [2.45, 2.75) is 39.2 Å². The molecule has 4 nitrogen and oxygen atoms in total. The highest BCUT2D eigenvalue weighted by Gasteiger charge is 2.27. The third-order valence-corrected chi connectivity index (χ3v) is 2.96. The Morgan fingerprint density at radius 1 is 1.71 bits per heavy atom. The van der Waals surface area contributed by atoms with Gasteiger partial charge in [-0.25, -0.2) is 5.84 Å². The monoisotopic (exact) mass is 199 g/mol. The minimum Gasteiger partial charge on any atom is -0.293 e. The quantitative estimate of drug-likeness (QED) is 0.395. The van der Waals surface area contributed by atoms with E-state index < -0.39 is 0 Å². The van der Waals surface area contributed by atoms with E-state index in [4.69, 9.17) is 5.84 Å². The van der Waals surface area contributed by atoms with Gasteiger partial charge in [-0.3, -0.25) is 15.1 Å². The Balaban J connectivity index is 2.54. The molecule has 0 aliphatic carbocycles. The zero-order chi connectivity index (χ0) is 10.6. The van der Waals surface area contributed by atoms with Crippen molar-refractivity contribution >= 4 is 5.91 Å². The van der Waals surface area contributed by atoms with Crippen molar-refractivity contribution < 1.29 is 4.79 Å². The molecule has 2 atom stereocenters. The Morgan fingerprint density at radius 3 is 2.93 bits per heavy atom. The first-order valence-electron chi connectivity index (χ1n) is 5.43. The highest BCUT2D eigenvalue weighted by molar-refractivity contribution is 5.81. The second-order valence-corrected chi connectivity index (χ2v) is 4.17. The van der Waals surface area contributed by atoms with Crippen molar-refractivity contribution in [3.8, 4) is 0 Å². The molecule has 1 aliphatic rings. The molecule has 14 heavy (non-hydrogen) atoms. The molecule has 1 rings (SSSR count). The van der Waals surface area contributed by atoms with E-state index in [1.54, 1.807) is 0 Å². The van der Waals surface area contributed by atoms with Crippen LogP contribution >= 0.6 is 0 Å². The summed E-state index contributed by atoms with van der Waals surface area (Å²) >= 11 is 0. The smallest absolute Gasteiger partial charge is 0.251 e. The van der Waals surface area contributed by atoms with Crippen LogP contribution in [0.5, 0.6) is 0 Å². The van der Waals surface area contributed by atoms with Gasteiger partial charge in [0.05, 0.1) is 6.04 Å². The van der Waals surface area contributed by atoms with Crippen molar-refractivity contribution in [2.24, 2.45) is 11.8 Å². The van der Waals surface area contributed by atoms with Crippen LogP contribution in [0.1, 0.15) is 33.1 Å². The van der Waals surface area contributed by atoms with Gasteiger partial charge in [-0.05, 0) is 31.7 Å². The SMILES string of the molecule is CC[C@@H](C(=O)NN)N1CCC[C@H](C)C1. The first kappa shape index (κ1) is 11.5. The Hall–Kier alpha value is -0.610. The molecule has 0 saturated carbocycles. The van der Waals surface area contributed by atoms with Crippen LogP contribution in [0.4, 0.5) is 0 Å². The molecular weight excluding hydrogens is 178 g/mol. The van der Waals surface area contributed by atoms with E-state index >= 15 is 0 Å². The highest BCUT2D eigenvalue weighted by Crippen LogP contribution is 2.18. The average Bonchev–Trinajstić information content (AvgIpc) is 2.19. The summed E-state index contributed by atoms with van der Waals surface area (Å²) in [4.78, 5) is 13.7. The van der Waals surface area contributed by atoms with E-state index in [0.29, 0.717) is 5.92 Å². The van der Waals surface area contributed by atoms with Crippen LogP contribution in [0.25, 0.3) is 0 Å². The van der Waals surface area contributed by atoms with Crippen LogP contribution in [0, 0.1) is 5.92 Å². The van der Waals surface area contributed by atoms with Gasteiger partial charge in [0, 0.05) is 6.54 Å². The standard InChI is InChI=1S/C10H21N3O/c1-3-9(10(14)12-11)13-6-4-5-8(2)7-13/h8-9H,3-7,11H2,1-2H3,(H,12,14)/t8-,9-/m0/s1. The van der Waals surface area contributed by atoms with Gasteiger partial charge in [-0.15, -0.1) is 0 Å². The number of nitrogens with one attached hydrogen (secondary N) is 1. The number of nitrogens with zero attached hydrogens (tertiary/aromatic N) is 1. The van der Waals surface area contributed by atoms with Gasteiger partial charge in [-0.2, -0.15) is 0 Å². The van der Waals surface area contributed by atoms with Crippen molar-refractivity contribution in [3.63, 3.8) is 0 Å². The molecule has 0 aromatic carbocycles. The zero-order valence-corrected chi connectivity index (χ0v) is 9.12. The fourth-order valence-electron chi connectivity index (χ4n) is 2.21. The van der Waals surface area contributed by atoms with Crippen LogP contribution in [0.15, 0.2) is 0 Å². The number of carbonyl (C=O) groups excluding carboxylic acids is 1. The number of carbonyl (C=O) groups is 1. The lowest BCUT2D eigenvalue weighted by Gasteiger charge is -2.35. The maximum absolute atomic E-state index is 11.5. The number of amides is 1. The summed E-state index contributed by atoms with van der Waals surface area (Å²) in [5.74, 6) is 5.81. The third-order valence-electron chi connectivity index (χ3n) is 2.96. The maximum atomic E-state index is 11.5. The summed E-state index contributed by atoms with van der Waals surface area (Å²) in [6.07, 6.45) is 3.29. The highest BCUT2D eigenvalue weighted by atomic mass is 16.2.